The van der Waals surface area contributed by atoms with E-state index in [1.807, 2.05) is 19.9 Å². The van der Waals surface area contributed by atoms with Gasteiger partial charge in [-0.05, 0) is 5.92 Å². The van der Waals surface area contributed by atoms with E-state index in [-0.39, 0.29) is 24.9 Å². The average Bonchev–Trinajstić information content (AvgIpc) is 2.28. The van der Waals surface area contributed by atoms with Crippen molar-refractivity contribution in [3.05, 3.63) is 0 Å². The summed E-state index contributed by atoms with van der Waals surface area (Å²) >= 11 is 0. The fourth-order valence-corrected chi connectivity index (χ4v) is 1.53. The van der Waals surface area contributed by atoms with E-state index in [1.54, 1.807) is 0 Å². The number of amides is 1. The molecule has 0 radical (unpaired) electrons. The molecule has 0 heterocycles. The lowest BCUT2D eigenvalue weighted by Crippen LogP contribution is -2.39. The summed E-state index contributed by atoms with van der Waals surface area (Å²) in [5, 5.41) is 23.3. The second-order valence-electron chi connectivity index (χ2n) is 3.71. The largest absolute Gasteiger partial charge is 0.392 e. The van der Waals surface area contributed by atoms with E-state index < -0.39 is 6.10 Å². The first-order valence-corrected chi connectivity index (χ1v) is 5.68. The van der Waals surface area contributed by atoms with Gasteiger partial charge in [0.1, 0.15) is 6.54 Å². The quantitative estimate of drug-likeness (QED) is 0.510. The van der Waals surface area contributed by atoms with Crippen molar-refractivity contribution in [1.29, 1.82) is 5.26 Å². The Morgan fingerprint density at radius 2 is 2.06 bits per heavy atom. The number of carbonyl (C=O) groups excluding carboxylic acids is 1. The van der Waals surface area contributed by atoms with Gasteiger partial charge in [0.05, 0.1) is 18.7 Å². The second-order valence-corrected chi connectivity index (χ2v) is 3.71. The van der Waals surface area contributed by atoms with Gasteiger partial charge in [-0.25, -0.2) is 0 Å². The van der Waals surface area contributed by atoms with Gasteiger partial charge < -0.3 is 15.7 Å². The zero-order chi connectivity index (χ0) is 12.4. The van der Waals surface area contributed by atoms with Crippen LogP contribution in [0.5, 0.6) is 0 Å². The SMILES string of the molecule is CCC(CC)C(O)CNCC(=O)NCC#N. The van der Waals surface area contributed by atoms with Crippen LogP contribution >= 0.6 is 0 Å². The summed E-state index contributed by atoms with van der Waals surface area (Å²) in [6.45, 7) is 4.65. The van der Waals surface area contributed by atoms with Gasteiger partial charge in [-0.2, -0.15) is 5.26 Å². The number of hydrogen-bond acceptors (Lipinski definition) is 4. The van der Waals surface area contributed by atoms with Gasteiger partial charge >= 0.3 is 0 Å². The number of nitriles is 1. The third-order valence-electron chi connectivity index (χ3n) is 2.60. The third-order valence-corrected chi connectivity index (χ3v) is 2.60. The Morgan fingerprint density at radius 1 is 1.44 bits per heavy atom. The molecule has 0 rings (SSSR count). The highest BCUT2D eigenvalue weighted by Gasteiger charge is 2.14. The fourth-order valence-electron chi connectivity index (χ4n) is 1.53. The van der Waals surface area contributed by atoms with Crippen LogP contribution in [0.3, 0.4) is 0 Å². The van der Waals surface area contributed by atoms with Crippen LogP contribution in [-0.4, -0.2) is 36.8 Å². The van der Waals surface area contributed by atoms with Gasteiger partial charge in [-0.1, -0.05) is 26.7 Å². The molecule has 0 fully saturated rings. The molecule has 5 heteroatoms. The summed E-state index contributed by atoms with van der Waals surface area (Å²) < 4.78 is 0. The van der Waals surface area contributed by atoms with Crippen molar-refractivity contribution in [2.24, 2.45) is 5.92 Å². The van der Waals surface area contributed by atoms with Gasteiger partial charge in [0.25, 0.3) is 0 Å². The summed E-state index contributed by atoms with van der Waals surface area (Å²) in [6.07, 6.45) is 1.44. The number of nitrogens with zero attached hydrogens (tertiary/aromatic N) is 1. The first-order valence-electron chi connectivity index (χ1n) is 5.68. The maximum Gasteiger partial charge on any atom is 0.234 e. The van der Waals surface area contributed by atoms with Gasteiger partial charge in [0.15, 0.2) is 0 Å². The molecule has 16 heavy (non-hydrogen) atoms. The van der Waals surface area contributed by atoms with Gasteiger partial charge in [0, 0.05) is 6.54 Å². The van der Waals surface area contributed by atoms with Crippen molar-refractivity contribution in [1.82, 2.24) is 10.6 Å². The molecule has 1 amide bonds. The minimum atomic E-state index is -0.418. The molecule has 0 spiro atoms. The van der Waals surface area contributed by atoms with Gasteiger partial charge in [-0.15, -0.1) is 0 Å². The molecule has 0 aliphatic carbocycles. The van der Waals surface area contributed by atoms with E-state index in [0.717, 1.165) is 12.8 Å². The van der Waals surface area contributed by atoms with Crippen molar-refractivity contribution in [3.8, 4) is 6.07 Å². The highest BCUT2D eigenvalue weighted by Crippen LogP contribution is 2.11. The summed E-state index contributed by atoms with van der Waals surface area (Å²) in [5.74, 6) is 0.0490. The van der Waals surface area contributed by atoms with E-state index in [9.17, 15) is 9.90 Å². The highest BCUT2D eigenvalue weighted by molar-refractivity contribution is 5.78. The monoisotopic (exact) mass is 227 g/mol. The number of nitrogens with one attached hydrogen (secondary N) is 2. The van der Waals surface area contributed by atoms with Crippen LogP contribution in [0.15, 0.2) is 0 Å². The fraction of sp³-hybridized carbons (Fsp3) is 0.818. The Morgan fingerprint density at radius 3 is 2.56 bits per heavy atom. The lowest BCUT2D eigenvalue weighted by molar-refractivity contribution is -0.120. The van der Waals surface area contributed by atoms with Gasteiger partial charge in [-0.3, -0.25) is 4.79 Å². The van der Waals surface area contributed by atoms with Crippen LogP contribution in [-0.2, 0) is 4.79 Å². The third kappa shape index (κ3) is 6.38. The molecule has 1 unspecified atom stereocenters. The van der Waals surface area contributed by atoms with Crippen molar-refractivity contribution < 1.29 is 9.90 Å². The molecule has 0 bridgehead atoms. The lowest BCUT2D eigenvalue weighted by atomic mass is 9.97. The van der Waals surface area contributed by atoms with E-state index in [2.05, 4.69) is 10.6 Å². The molecule has 0 aromatic carbocycles. The summed E-state index contributed by atoms with van der Waals surface area (Å²) in [7, 11) is 0. The van der Waals surface area contributed by atoms with Crippen LogP contribution in [0.25, 0.3) is 0 Å². The highest BCUT2D eigenvalue weighted by atomic mass is 16.3. The second kappa shape index (κ2) is 9.13. The lowest BCUT2D eigenvalue weighted by Gasteiger charge is -2.20. The number of hydrogen-bond donors (Lipinski definition) is 3. The van der Waals surface area contributed by atoms with Crippen molar-refractivity contribution in [2.75, 3.05) is 19.6 Å². The topological polar surface area (TPSA) is 85.2 Å². The molecule has 1 atom stereocenters. The van der Waals surface area contributed by atoms with Crippen LogP contribution in [0.1, 0.15) is 26.7 Å². The predicted octanol–water partition coefficient (Wildman–Crippen LogP) is 0.0129. The molecule has 0 aliphatic heterocycles. The average molecular weight is 227 g/mol. The van der Waals surface area contributed by atoms with Crippen LogP contribution in [0.4, 0.5) is 0 Å². The Labute approximate surface area is 96.8 Å². The molecule has 0 aromatic heterocycles. The smallest absolute Gasteiger partial charge is 0.234 e. The Balaban J connectivity index is 3.65. The number of rotatable bonds is 8. The molecule has 3 N–H and O–H groups in total. The van der Waals surface area contributed by atoms with Crippen molar-refractivity contribution >= 4 is 5.91 Å². The number of aliphatic hydroxyl groups is 1. The predicted molar refractivity (Wildman–Crippen MR) is 61.6 cm³/mol. The molecular weight excluding hydrogens is 206 g/mol. The molecule has 92 valence electrons. The van der Waals surface area contributed by atoms with E-state index in [1.165, 1.54) is 0 Å². The Hall–Kier alpha value is -1.12. The van der Waals surface area contributed by atoms with Crippen LogP contribution < -0.4 is 10.6 Å². The zero-order valence-corrected chi connectivity index (χ0v) is 9.99. The van der Waals surface area contributed by atoms with Crippen LogP contribution in [0.2, 0.25) is 0 Å². The first-order chi connectivity index (χ1) is 7.65. The van der Waals surface area contributed by atoms with E-state index in [4.69, 9.17) is 5.26 Å². The van der Waals surface area contributed by atoms with Crippen molar-refractivity contribution in [3.63, 3.8) is 0 Å². The minimum absolute atomic E-state index is 0.0234. The molecule has 0 aliphatic rings. The first kappa shape index (κ1) is 14.9. The Kier molecular flexibility index (Phi) is 8.49. The molecule has 0 saturated carbocycles. The molecule has 0 saturated heterocycles. The zero-order valence-electron chi connectivity index (χ0n) is 9.99. The standard InChI is InChI=1S/C11H21N3O2/c1-3-9(4-2)10(15)7-13-8-11(16)14-6-5-12/h9-10,13,15H,3-4,6-8H2,1-2H3,(H,14,16). The van der Waals surface area contributed by atoms with Crippen molar-refractivity contribution in [2.45, 2.75) is 32.8 Å². The summed E-state index contributed by atoms with van der Waals surface area (Å²) in [4.78, 5) is 11.1. The normalized spacial score (nSPS) is 12.2. The molecule has 5 nitrogen and oxygen atoms in total. The van der Waals surface area contributed by atoms with Gasteiger partial charge in [0.2, 0.25) is 5.91 Å². The molecule has 0 aromatic rings. The Bertz CT molecular complexity index is 234. The number of carbonyl (C=O) groups is 1. The van der Waals surface area contributed by atoms with Crippen LogP contribution in [0, 0.1) is 17.2 Å². The summed E-state index contributed by atoms with van der Waals surface area (Å²) in [6, 6.07) is 1.83. The van der Waals surface area contributed by atoms with E-state index >= 15 is 0 Å². The number of aliphatic hydroxyl groups excluding tert-OH is 1. The maximum absolute atomic E-state index is 11.1. The molecular formula is C11H21N3O2. The van der Waals surface area contributed by atoms with E-state index in [0.29, 0.717) is 6.54 Å². The summed E-state index contributed by atoms with van der Waals surface area (Å²) in [5.41, 5.74) is 0. The minimum Gasteiger partial charge on any atom is -0.392 e. The maximum atomic E-state index is 11.1.